The molecule has 1 saturated heterocycles. The maximum atomic E-state index is 5.57. The van der Waals surface area contributed by atoms with Gasteiger partial charge in [-0.1, -0.05) is 37.3 Å². The summed E-state index contributed by atoms with van der Waals surface area (Å²) < 4.78 is 5.57. The van der Waals surface area contributed by atoms with Crippen LogP contribution in [0.25, 0.3) is 10.8 Å². The van der Waals surface area contributed by atoms with Crippen LogP contribution in [-0.4, -0.2) is 37.7 Å². The first-order valence-electron chi connectivity index (χ1n) is 8.33. The molecule has 24 heavy (non-hydrogen) atoms. The van der Waals surface area contributed by atoms with E-state index in [2.05, 4.69) is 53.5 Å². The quantitative estimate of drug-likeness (QED) is 0.606. The van der Waals surface area contributed by atoms with Gasteiger partial charge in [0.1, 0.15) is 5.75 Å². The molecule has 0 amide bonds. The molecule has 3 nitrogen and oxygen atoms in total. The molecule has 3 rings (SSSR count). The standard InChI is InChI=1S/C19H26N2O.2ClH/c1-3-21-12-6-8-16(21)13-20-14-18-17-9-5-4-7-15(17)10-11-19(18)22-2;;/h4-5,7,9-11,16,20H,3,6,8,12-14H2,1-2H3;2*1H/p-2. The zero-order valence-corrected chi connectivity index (χ0v) is 15.9. The Morgan fingerprint density at radius 3 is 2.71 bits per heavy atom. The van der Waals surface area contributed by atoms with E-state index in [9.17, 15) is 0 Å². The Balaban J connectivity index is 0.00000144. The number of ether oxygens (including phenoxy) is 1. The predicted molar refractivity (Wildman–Crippen MR) is 92.5 cm³/mol. The molecular weight excluding hydrogens is 343 g/mol. The summed E-state index contributed by atoms with van der Waals surface area (Å²) in [5.74, 6) is 0.977. The lowest BCUT2D eigenvalue weighted by Crippen LogP contribution is -3.00. The molecule has 1 atom stereocenters. The predicted octanol–water partition coefficient (Wildman–Crippen LogP) is -2.57. The van der Waals surface area contributed by atoms with E-state index in [1.54, 1.807) is 7.11 Å². The number of methoxy groups -OCH3 is 1. The Morgan fingerprint density at radius 1 is 1.17 bits per heavy atom. The van der Waals surface area contributed by atoms with E-state index in [4.69, 9.17) is 4.74 Å². The number of likely N-dealkylation sites (N-methyl/N-ethyl adjacent to an activating group) is 1. The van der Waals surface area contributed by atoms with Crippen LogP contribution >= 0.6 is 0 Å². The van der Waals surface area contributed by atoms with Crippen LogP contribution in [0.2, 0.25) is 0 Å². The first kappa shape index (κ1) is 21.0. The van der Waals surface area contributed by atoms with E-state index in [1.165, 1.54) is 35.7 Å². The molecule has 1 aliphatic rings. The molecule has 1 fully saturated rings. The average molecular weight is 369 g/mol. The molecular formula is C19H26Cl2N2O-2. The number of hydrogen-bond acceptors (Lipinski definition) is 3. The smallest absolute Gasteiger partial charge is 0.123 e. The Labute approximate surface area is 157 Å². The number of hydrogen-bond donors (Lipinski definition) is 1. The topological polar surface area (TPSA) is 24.5 Å². The van der Waals surface area contributed by atoms with Crippen molar-refractivity contribution in [3.63, 3.8) is 0 Å². The van der Waals surface area contributed by atoms with Gasteiger partial charge in [-0.25, -0.2) is 0 Å². The van der Waals surface area contributed by atoms with Crippen LogP contribution in [0.1, 0.15) is 25.3 Å². The van der Waals surface area contributed by atoms with Gasteiger partial charge in [-0.15, -0.1) is 0 Å². The van der Waals surface area contributed by atoms with E-state index in [1.807, 2.05) is 0 Å². The van der Waals surface area contributed by atoms with E-state index < -0.39 is 0 Å². The average Bonchev–Trinajstić information content (AvgIpc) is 3.02. The molecule has 0 saturated carbocycles. The van der Waals surface area contributed by atoms with E-state index in [0.717, 1.165) is 25.4 Å². The van der Waals surface area contributed by atoms with Crippen LogP contribution in [0.5, 0.6) is 5.75 Å². The van der Waals surface area contributed by atoms with Crippen LogP contribution in [0.15, 0.2) is 36.4 Å². The van der Waals surface area contributed by atoms with Gasteiger partial charge in [-0.2, -0.15) is 0 Å². The van der Waals surface area contributed by atoms with Crippen molar-refractivity contribution in [2.75, 3.05) is 26.7 Å². The summed E-state index contributed by atoms with van der Waals surface area (Å²) >= 11 is 0. The van der Waals surface area contributed by atoms with E-state index in [-0.39, 0.29) is 24.8 Å². The van der Waals surface area contributed by atoms with Crippen molar-refractivity contribution in [1.82, 2.24) is 10.2 Å². The molecule has 1 aliphatic heterocycles. The van der Waals surface area contributed by atoms with Crippen molar-refractivity contribution in [1.29, 1.82) is 0 Å². The minimum Gasteiger partial charge on any atom is -1.00 e. The van der Waals surface area contributed by atoms with Crippen molar-refractivity contribution in [3.05, 3.63) is 42.0 Å². The fourth-order valence-corrected chi connectivity index (χ4v) is 3.60. The number of fused-ring (bicyclic) bond motifs is 1. The van der Waals surface area contributed by atoms with Gasteiger partial charge in [0.2, 0.25) is 0 Å². The van der Waals surface area contributed by atoms with Gasteiger partial charge < -0.3 is 34.9 Å². The summed E-state index contributed by atoms with van der Waals surface area (Å²) in [7, 11) is 1.75. The lowest BCUT2D eigenvalue weighted by molar-refractivity contribution is -0.00100. The van der Waals surface area contributed by atoms with Crippen molar-refractivity contribution < 1.29 is 29.6 Å². The van der Waals surface area contributed by atoms with Crippen molar-refractivity contribution in [3.8, 4) is 5.75 Å². The largest absolute Gasteiger partial charge is 1.00 e. The van der Waals surface area contributed by atoms with Crippen LogP contribution in [-0.2, 0) is 6.54 Å². The van der Waals surface area contributed by atoms with Crippen LogP contribution in [0.3, 0.4) is 0 Å². The maximum absolute atomic E-state index is 5.57. The van der Waals surface area contributed by atoms with Gasteiger partial charge in [0.15, 0.2) is 0 Å². The highest BCUT2D eigenvalue weighted by Crippen LogP contribution is 2.28. The number of nitrogens with one attached hydrogen (secondary N) is 1. The zero-order chi connectivity index (χ0) is 15.4. The molecule has 134 valence electrons. The Bertz CT molecular complexity index is 636. The molecule has 0 aliphatic carbocycles. The maximum Gasteiger partial charge on any atom is 0.123 e. The second kappa shape index (κ2) is 10.1. The van der Waals surface area contributed by atoms with Crippen LogP contribution < -0.4 is 34.9 Å². The summed E-state index contributed by atoms with van der Waals surface area (Å²) in [5.41, 5.74) is 1.27. The highest BCUT2D eigenvalue weighted by Gasteiger charge is 2.22. The minimum absolute atomic E-state index is 0. The van der Waals surface area contributed by atoms with Gasteiger partial charge in [0, 0.05) is 24.7 Å². The molecule has 0 spiro atoms. The second-order valence-electron chi connectivity index (χ2n) is 6.02. The highest BCUT2D eigenvalue weighted by molar-refractivity contribution is 5.87. The number of benzene rings is 2. The lowest BCUT2D eigenvalue weighted by atomic mass is 10.0. The zero-order valence-electron chi connectivity index (χ0n) is 14.4. The molecule has 0 radical (unpaired) electrons. The SMILES string of the molecule is CCN1CCCC1CNCc1c(OC)ccc2ccccc12.[Cl-].[Cl-]. The van der Waals surface area contributed by atoms with Crippen LogP contribution in [0.4, 0.5) is 0 Å². The third-order valence-corrected chi connectivity index (χ3v) is 4.80. The monoisotopic (exact) mass is 368 g/mol. The third kappa shape index (κ3) is 4.54. The summed E-state index contributed by atoms with van der Waals surface area (Å²) in [5, 5.41) is 6.21. The first-order chi connectivity index (χ1) is 10.8. The molecule has 1 N–H and O–H groups in total. The van der Waals surface area contributed by atoms with Crippen LogP contribution in [0, 0.1) is 0 Å². The van der Waals surface area contributed by atoms with Gasteiger partial charge in [0.05, 0.1) is 7.11 Å². The Kier molecular flexibility index (Phi) is 8.85. The molecule has 2 aromatic rings. The molecule has 1 unspecified atom stereocenters. The molecule has 1 heterocycles. The molecule has 0 bridgehead atoms. The molecule has 2 aromatic carbocycles. The summed E-state index contributed by atoms with van der Waals surface area (Å²) in [4.78, 5) is 2.58. The number of nitrogens with zero attached hydrogens (tertiary/aromatic N) is 1. The van der Waals surface area contributed by atoms with Crippen molar-refractivity contribution >= 4 is 10.8 Å². The van der Waals surface area contributed by atoms with Gasteiger partial charge in [-0.05, 0) is 42.8 Å². The van der Waals surface area contributed by atoms with Crippen molar-refractivity contribution in [2.45, 2.75) is 32.4 Å². The fraction of sp³-hybridized carbons (Fsp3) is 0.474. The van der Waals surface area contributed by atoms with Gasteiger partial charge >= 0.3 is 0 Å². The van der Waals surface area contributed by atoms with E-state index in [0.29, 0.717) is 6.04 Å². The lowest BCUT2D eigenvalue weighted by Gasteiger charge is -2.23. The normalized spacial score (nSPS) is 17.3. The first-order valence-corrected chi connectivity index (χ1v) is 8.33. The van der Waals surface area contributed by atoms with Crippen molar-refractivity contribution in [2.24, 2.45) is 0 Å². The number of halogens is 2. The fourth-order valence-electron chi connectivity index (χ4n) is 3.60. The summed E-state index contributed by atoms with van der Waals surface area (Å²) in [6.07, 6.45) is 2.64. The Hall–Kier alpha value is -1.000. The van der Waals surface area contributed by atoms with Gasteiger partial charge in [-0.3, -0.25) is 4.90 Å². The van der Waals surface area contributed by atoms with Gasteiger partial charge in [0.25, 0.3) is 0 Å². The minimum atomic E-state index is 0. The third-order valence-electron chi connectivity index (χ3n) is 4.80. The molecule has 5 heteroatoms. The van der Waals surface area contributed by atoms with E-state index >= 15 is 0 Å². The number of likely N-dealkylation sites (tertiary alicyclic amines) is 1. The highest BCUT2D eigenvalue weighted by atomic mass is 35.5. The summed E-state index contributed by atoms with van der Waals surface area (Å²) in [6, 6.07) is 13.4. The Morgan fingerprint density at radius 2 is 1.96 bits per heavy atom. The second-order valence-corrected chi connectivity index (χ2v) is 6.02. The molecule has 0 aromatic heterocycles. The summed E-state index contributed by atoms with van der Waals surface area (Å²) in [6.45, 7) is 6.58. The number of rotatable bonds is 6.